The number of rotatable bonds is 7. The van der Waals surface area contributed by atoms with Crippen molar-refractivity contribution in [3.63, 3.8) is 0 Å². The summed E-state index contributed by atoms with van der Waals surface area (Å²) in [6, 6.07) is 3.94. The highest BCUT2D eigenvalue weighted by Gasteiger charge is 2.52. The average molecular weight is 475 g/mol. The van der Waals surface area contributed by atoms with Gasteiger partial charge in [0.25, 0.3) is 0 Å². The van der Waals surface area contributed by atoms with Crippen LogP contribution in [0, 0.1) is 17.7 Å². The van der Waals surface area contributed by atoms with Crippen LogP contribution in [0.1, 0.15) is 65.0 Å². The average Bonchev–Trinajstić information content (AvgIpc) is 3.48. The van der Waals surface area contributed by atoms with Crippen molar-refractivity contribution >= 4 is 17.8 Å². The van der Waals surface area contributed by atoms with Crippen LogP contribution in [0.15, 0.2) is 23.2 Å². The number of nitrogens with one attached hydrogen (secondary N) is 1. The standard InChI is InChI=1S/C25H35FN4O4/c1-24(2)13-20(31)30(23(27)29-24)18(9-10-33-5)14-11-15(14)22(32)28-17-12-25(3,4)34-19-8-6-7-16(26)21(17)19/h6-8,14-15,17-18H,9-13H2,1-5H3,(H2,27,29)(H,28,32)/t14-,15-,17?,18+/m1/s1. The summed E-state index contributed by atoms with van der Waals surface area (Å²) in [7, 11) is 1.60. The van der Waals surface area contributed by atoms with E-state index in [0.29, 0.717) is 37.2 Å². The number of benzene rings is 1. The van der Waals surface area contributed by atoms with Crippen LogP contribution in [0.3, 0.4) is 0 Å². The van der Waals surface area contributed by atoms with E-state index < -0.39 is 23.0 Å². The van der Waals surface area contributed by atoms with Crippen LogP contribution in [0.25, 0.3) is 0 Å². The monoisotopic (exact) mass is 474 g/mol. The molecule has 1 aromatic rings. The Balaban J connectivity index is 1.51. The lowest BCUT2D eigenvalue weighted by Crippen LogP contribution is -2.55. The minimum Gasteiger partial charge on any atom is -0.487 e. The molecule has 2 amide bonds. The van der Waals surface area contributed by atoms with Crippen molar-refractivity contribution in [2.24, 2.45) is 22.6 Å². The molecule has 0 bridgehead atoms. The van der Waals surface area contributed by atoms with Gasteiger partial charge in [0.05, 0.1) is 23.6 Å². The third-order valence-electron chi connectivity index (χ3n) is 6.90. The summed E-state index contributed by atoms with van der Waals surface area (Å²) < 4.78 is 25.9. The first-order valence-electron chi connectivity index (χ1n) is 11.9. The van der Waals surface area contributed by atoms with Gasteiger partial charge in [0.2, 0.25) is 11.8 Å². The smallest absolute Gasteiger partial charge is 0.231 e. The normalized spacial score (nSPS) is 27.8. The molecule has 0 saturated heterocycles. The van der Waals surface area contributed by atoms with Crippen molar-refractivity contribution in [2.75, 3.05) is 13.7 Å². The number of fused-ring (bicyclic) bond motifs is 1. The lowest BCUT2D eigenvalue weighted by atomic mass is 9.89. The van der Waals surface area contributed by atoms with Crippen LogP contribution in [0.4, 0.5) is 4.39 Å². The number of nitrogens with zero attached hydrogens (tertiary/aromatic N) is 2. The molecule has 0 aromatic heterocycles. The molecule has 186 valence electrons. The molecule has 1 aliphatic carbocycles. The predicted molar refractivity (Wildman–Crippen MR) is 126 cm³/mol. The number of methoxy groups -OCH3 is 1. The first kappa shape index (κ1) is 24.4. The molecular formula is C25H35FN4O4. The summed E-state index contributed by atoms with van der Waals surface area (Å²) in [5.41, 5.74) is 5.51. The molecule has 1 saturated carbocycles. The maximum Gasteiger partial charge on any atom is 0.231 e. The number of ether oxygens (including phenoxy) is 2. The van der Waals surface area contributed by atoms with E-state index in [-0.39, 0.29) is 42.1 Å². The van der Waals surface area contributed by atoms with E-state index in [1.54, 1.807) is 24.1 Å². The molecule has 2 heterocycles. The molecule has 0 radical (unpaired) electrons. The van der Waals surface area contributed by atoms with Gasteiger partial charge in [-0.3, -0.25) is 14.5 Å². The number of carbonyl (C=O) groups is 2. The fraction of sp³-hybridized carbons (Fsp3) is 0.640. The Morgan fingerprint density at radius 3 is 2.79 bits per heavy atom. The summed E-state index contributed by atoms with van der Waals surface area (Å²) in [5.74, 6) is -0.348. The van der Waals surface area contributed by atoms with Gasteiger partial charge in [-0.1, -0.05) is 6.07 Å². The van der Waals surface area contributed by atoms with E-state index in [2.05, 4.69) is 10.3 Å². The Bertz CT molecular complexity index is 1010. The van der Waals surface area contributed by atoms with Gasteiger partial charge < -0.3 is 20.5 Å². The van der Waals surface area contributed by atoms with Crippen molar-refractivity contribution in [2.45, 2.75) is 76.6 Å². The number of nitrogens with two attached hydrogens (primary N) is 1. The molecule has 8 nitrogen and oxygen atoms in total. The number of amides is 2. The van der Waals surface area contributed by atoms with Crippen LogP contribution in [0.5, 0.6) is 5.75 Å². The zero-order valence-electron chi connectivity index (χ0n) is 20.6. The maximum absolute atomic E-state index is 14.7. The number of hydrogen-bond donors (Lipinski definition) is 2. The SMILES string of the molecule is COCC[C@@H]([C@@H]1C[C@H]1C(=O)NC1CC(C)(C)Oc2cccc(F)c21)N1C(=O)CC(C)(C)N=C1N. The van der Waals surface area contributed by atoms with Gasteiger partial charge in [-0.05, 0) is 58.6 Å². The molecule has 1 aromatic carbocycles. The van der Waals surface area contributed by atoms with Gasteiger partial charge in [0, 0.05) is 32.1 Å². The highest BCUT2D eigenvalue weighted by molar-refractivity contribution is 5.99. The van der Waals surface area contributed by atoms with Crippen molar-refractivity contribution in [1.82, 2.24) is 10.2 Å². The predicted octanol–water partition coefficient (Wildman–Crippen LogP) is 2.91. The third kappa shape index (κ3) is 4.89. The molecule has 0 spiro atoms. The Morgan fingerprint density at radius 1 is 1.38 bits per heavy atom. The summed E-state index contributed by atoms with van der Waals surface area (Å²) in [5, 5.41) is 3.06. The van der Waals surface area contributed by atoms with Gasteiger partial charge in [-0.2, -0.15) is 0 Å². The second-order valence-electron chi connectivity index (χ2n) is 10.9. The highest BCUT2D eigenvalue weighted by atomic mass is 19.1. The van der Waals surface area contributed by atoms with Gasteiger partial charge >= 0.3 is 0 Å². The molecule has 9 heteroatoms. The largest absolute Gasteiger partial charge is 0.487 e. The van der Waals surface area contributed by atoms with Crippen LogP contribution in [0.2, 0.25) is 0 Å². The lowest BCUT2D eigenvalue weighted by Gasteiger charge is -2.38. The van der Waals surface area contributed by atoms with Crippen molar-refractivity contribution in [1.29, 1.82) is 0 Å². The van der Waals surface area contributed by atoms with Gasteiger partial charge in [0.15, 0.2) is 5.96 Å². The molecule has 3 N–H and O–H groups in total. The molecule has 2 aliphatic heterocycles. The summed E-state index contributed by atoms with van der Waals surface area (Å²) in [6.07, 6.45) is 1.89. The topological polar surface area (TPSA) is 106 Å². The fourth-order valence-electron chi connectivity index (χ4n) is 5.34. The quantitative estimate of drug-likeness (QED) is 0.632. The van der Waals surface area contributed by atoms with Crippen LogP contribution in [-0.4, -0.2) is 53.6 Å². The minimum absolute atomic E-state index is 0.0676. The summed E-state index contributed by atoms with van der Waals surface area (Å²) in [6.45, 7) is 8.03. The third-order valence-corrected chi connectivity index (χ3v) is 6.90. The number of halogens is 1. The Morgan fingerprint density at radius 2 is 2.12 bits per heavy atom. The molecular weight excluding hydrogens is 439 g/mol. The lowest BCUT2D eigenvalue weighted by molar-refractivity contribution is -0.132. The molecule has 1 unspecified atom stereocenters. The van der Waals surface area contributed by atoms with E-state index in [1.807, 2.05) is 27.7 Å². The van der Waals surface area contributed by atoms with Crippen LogP contribution >= 0.6 is 0 Å². The number of aliphatic imine (C=N–C) groups is 1. The van der Waals surface area contributed by atoms with Gasteiger partial charge in [-0.15, -0.1) is 0 Å². The summed E-state index contributed by atoms with van der Waals surface area (Å²) >= 11 is 0. The Labute approximate surface area is 200 Å². The van der Waals surface area contributed by atoms with E-state index in [4.69, 9.17) is 15.2 Å². The molecule has 1 fully saturated rings. The minimum atomic E-state index is -0.545. The number of hydrogen-bond acceptors (Lipinski definition) is 6. The Kier molecular flexibility index (Phi) is 6.35. The fourth-order valence-corrected chi connectivity index (χ4v) is 5.34. The van der Waals surface area contributed by atoms with Crippen molar-refractivity contribution < 1.29 is 23.5 Å². The highest BCUT2D eigenvalue weighted by Crippen LogP contribution is 2.47. The van der Waals surface area contributed by atoms with E-state index >= 15 is 0 Å². The molecule has 34 heavy (non-hydrogen) atoms. The summed E-state index contributed by atoms with van der Waals surface area (Å²) in [4.78, 5) is 32.3. The first-order chi connectivity index (χ1) is 15.9. The van der Waals surface area contributed by atoms with Crippen LogP contribution in [-0.2, 0) is 14.3 Å². The van der Waals surface area contributed by atoms with E-state index in [9.17, 15) is 14.0 Å². The zero-order chi connectivity index (χ0) is 24.8. The number of guanidine groups is 1. The van der Waals surface area contributed by atoms with E-state index in [0.717, 1.165) is 0 Å². The second-order valence-corrected chi connectivity index (χ2v) is 10.9. The van der Waals surface area contributed by atoms with E-state index in [1.165, 1.54) is 6.07 Å². The maximum atomic E-state index is 14.7. The van der Waals surface area contributed by atoms with Crippen LogP contribution < -0.4 is 15.8 Å². The molecule has 4 atom stereocenters. The zero-order valence-corrected chi connectivity index (χ0v) is 20.6. The first-order valence-corrected chi connectivity index (χ1v) is 11.9. The molecule has 3 aliphatic rings. The Hall–Kier alpha value is -2.68. The number of carbonyl (C=O) groups excluding carboxylic acids is 2. The molecule has 4 rings (SSSR count). The van der Waals surface area contributed by atoms with Gasteiger partial charge in [-0.25, -0.2) is 9.38 Å². The van der Waals surface area contributed by atoms with Gasteiger partial charge in [0.1, 0.15) is 17.2 Å². The second kappa shape index (κ2) is 8.83. The van der Waals surface area contributed by atoms with Crippen molar-refractivity contribution in [3.8, 4) is 5.75 Å². The van der Waals surface area contributed by atoms with Crippen molar-refractivity contribution in [3.05, 3.63) is 29.6 Å².